The monoisotopic (exact) mass is 280 g/mol. The van der Waals surface area contributed by atoms with Gasteiger partial charge in [-0.15, -0.1) is 0 Å². The number of aliphatic carboxylic acids is 1. The summed E-state index contributed by atoms with van der Waals surface area (Å²) < 4.78 is 0. The number of hydrogen-bond acceptors (Lipinski definition) is 4. The number of carboxylic acids is 1. The number of nitrogens with one attached hydrogen (secondary N) is 1. The van der Waals surface area contributed by atoms with Crippen LogP contribution in [0.5, 0.6) is 0 Å². The average molecular weight is 280 g/mol. The van der Waals surface area contributed by atoms with Gasteiger partial charge < -0.3 is 15.5 Å². The Balaban J connectivity index is 2.94. The van der Waals surface area contributed by atoms with Gasteiger partial charge in [0.2, 0.25) is 5.91 Å². The smallest absolute Gasteiger partial charge is 0.322 e. The summed E-state index contributed by atoms with van der Waals surface area (Å²) in [6.07, 6.45) is 0. The first-order chi connectivity index (χ1) is 9.60. The Hall–Kier alpha value is -1.92. The Morgan fingerprint density at radius 3 is 2.45 bits per heavy atom. The number of aliphatic hydroxyl groups excluding tert-OH is 1. The first-order valence-electron chi connectivity index (χ1n) is 6.49. The summed E-state index contributed by atoms with van der Waals surface area (Å²) in [5.74, 6) is -1.47. The molecule has 0 spiro atoms. The van der Waals surface area contributed by atoms with Crippen LogP contribution >= 0.6 is 0 Å². The second-order valence-corrected chi connectivity index (χ2v) is 4.28. The van der Waals surface area contributed by atoms with E-state index in [4.69, 9.17) is 10.2 Å². The minimum absolute atomic E-state index is 0.0661. The molecule has 3 N–H and O–H groups in total. The zero-order chi connectivity index (χ0) is 15.0. The third-order valence-corrected chi connectivity index (χ3v) is 2.94. The van der Waals surface area contributed by atoms with Crippen molar-refractivity contribution in [2.24, 2.45) is 0 Å². The Bertz CT molecular complexity index is 436. The number of carbonyl (C=O) groups is 2. The van der Waals surface area contributed by atoms with Gasteiger partial charge in [0.25, 0.3) is 0 Å². The van der Waals surface area contributed by atoms with Gasteiger partial charge in [-0.1, -0.05) is 37.3 Å². The van der Waals surface area contributed by atoms with E-state index in [9.17, 15) is 9.59 Å². The number of likely N-dealkylation sites (N-methyl/N-ethyl adjacent to an activating group) is 1. The van der Waals surface area contributed by atoms with Crippen LogP contribution in [-0.4, -0.2) is 53.2 Å². The van der Waals surface area contributed by atoms with E-state index in [0.717, 1.165) is 5.56 Å². The van der Waals surface area contributed by atoms with E-state index in [-0.39, 0.29) is 12.5 Å². The molecule has 1 aromatic carbocycles. The summed E-state index contributed by atoms with van der Waals surface area (Å²) in [5, 5.41) is 20.1. The van der Waals surface area contributed by atoms with E-state index in [1.54, 1.807) is 4.90 Å². The predicted molar refractivity (Wildman–Crippen MR) is 74.2 cm³/mol. The minimum Gasteiger partial charge on any atom is -0.480 e. The van der Waals surface area contributed by atoms with Crippen molar-refractivity contribution in [1.82, 2.24) is 10.2 Å². The molecule has 6 heteroatoms. The van der Waals surface area contributed by atoms with Crippen molar-refractivity contribution in [1.29, 1.82) is 0 Å². The van der Waals surface area contributed by atoms with Crippen molar-refractivity contribution in [2.45, 2.75) is 13.0 Å². The molecule has 20 heavy (non-hydrogen) atoms. The van der Waals surface area contributed by atoms with Gasteiger partial charge in [0.05, 0.1) is 6.61 Å². The molecule has 1 aromatic rings. The zero-order valence-corrected chi connectivity index (χ0v) is 11.5. The van der Waals surface area contributed by atoms with Crippen LogP contribution in [0.2, 0.25) is 0 Å². The molecule has 0 heterocycles. The van der Waals surface area contributed by atoms with Crippen LogP contribution in [0.4, 0.5) is 0 Å². The molecule has 1 rings (SSSR count). The number of benzene rings is 1. The summed E-state index contributed by atoms with van der Waals surface area (Å²) in [4.78, 5) is 24.6. The standard InChI is InChI=1S/C14H20N2O4/c1-2-16(8-9-17)13(11-6-4-3-5-7-11)14(20)15-10-12(18)19/h3-7,13,17H,2,8-10H2,1H3,(H,15,20)(H,18,19). The first-order valence-corrected chi connectivity index (χ1v) is 6.49. The van der Waals surface area contributed by atoms with Crippen LogP contribution in [0.1, 0.15) is 18.5 Å². The van der Waals surface area contributed by atoms with Gasteiger partial charge in [0.15, 0.2) is 0 Å². The highest BCUT2D eigenvalue weighted by Crippen LogP contribution is 2.20. The van der Waals surface area contributed by atoms with Crippen molar-refractivity contribution >= 4 is 11.9 Å². The molecule has 0 saturated heterocycles. The maximum atomic E-state index is 12.2. The summed E-state index contributed by atoms with van der Waals surface area (Å²) in [7, 11) is 0. The summed E-state index contributed by atoms with van der Waals surface area (Å²) in [6.45, 7) is 2.31. The molecular formula is C14H20N2O4. The summed E-state index contributed by atoms with van der Waals surface area (Å²) in [5.41, 5.74) is 0.769. The second kappa shape index (κ2) is 8.29. The van der Waals surface area contributed by atoms with Crippen LogP contribution < -0.4 is 5.32 Å². The minimum atomic E-state index is -1.09. The van der Waals surface area contributed by atoms with Gasteiger partial charge in [-0.2, -0.15) is 0 Å². The molecule has 0 aromatic heterocycles. The van der Waals surface area contributed by atoms with Crippen LogP contribution in [0.15, 0.2) is 30.3 Å². The number of hydrogen-bond donors (Lipinski definition) is 3. The molecule has 0 fully saturated rings. The Kier molecular flexibility index (Phi) is 6.69. The molecule has 1 amide bonds. The van der Waals surface area contributed by atoms with E-state index in [0.29, 0.717) is 13.1 Å². The Morgan fingerprint density at radius 1 is 1.30 bits per heavy atom. The maximum absolute atomic E-state index is 12.2. The lowest BCUT2D eigenvalue weighted by molar-refractivity contribution is -0.139. The number of carbonyl (C=O) groups excluding carboxylic acids is 1. The lowest BCUT2D eigenvalue weighted by Gasteiger charge is -2.29. The third kappa shape index (κ3) is 4.64. The van der Waals surface area contributed by atoms with E-state index < -0.39 is 18.6 Å². The van der Waals surface area contributed by atoms with Crippen molar-refractivity contribution in [2.75, 3.05) is 26.2 Å². The normalized spacial score (nSPS) is 12.2. The maximum Gasteiger partial charge on any atom is 0.322 e. The number of rotatable bonds is 8. The van der Waals surface area contributed by atoms with Gasteiger partial charge in [0, 0.05) is 6.54 Å². The highest BCUT2D eigenvalue weighted by atomic mass is 16.4. The fourth-order valence-electron chi connectivity index (χ4n) is 2.02. The zero-order valence-electron chi connectivity index (χ0n) is 11.5. The molecule has 0 saturated carbocycles. The molecule has 0 radical (unpaired) electrons. The molecule has 6 nitrogen and oxygen atoms in total. The van der Waals surface area contributed by atoms with Crippen LogP contribution in [0, 0.1) is 0 Å². The molecule has 1 atom stereocenters. The lowest BCUT2D eigenvalue weighted by atomic mass is 10.0. The Labute approximate surface area is 118 Å². The van der Waals surface area contributed by atoms with E-state index in [2.05, 4.69) is 5.32 Å². The molecule has 1 unspecified atom stereocenters. The van der Waals surface area contributed by atoms with E-state index in [1.165, 1.54) is 0 Å². The topological polar surface area (TPSA) is 89.9 Å². The molecule has 0 aliphatic carbocycles. The highest BCUT2D eigenvalue weighted by molar-refractivity contribution is 5.86. The van der Waals surface area contributed by atoms with Crippen molar-refractivity contribution in [3.8, 4) is 0 Å². The van der Waals surface area contributed by atoms with Crippen LogP contribution in [0.3, 0.4) is 0 Å². The lowest BCUT2D eigenvalue weighted by Crippen LogP contribution is -2.43. The molecule has 0 aliphatic heterocycles. The van der Waals surface area contributed by atoms with Crippen molar-refractivity contribution in [3.05, 3.63) is 35.9 Å². The number of carboxylic acid groups (broad SMARTS) is 1. The summed E-state index contributed by atoms with van der Waals surface area (Å²) in [6, 6.07) is 8.50. The number of nitrogens with zero attached hydrogens (tertiary/aromatic N) is 1. The third-order valence-electron chi connectivity index (χ3n) is 2.94. The van der Waals surface area contributed by atoms with Crippen LogP contribution in [0.25, 0.3) is 0 Å². The van der Waals surface area contributed by atoms with Gasteiger partial charge in [-0.25, -0.2) is 0 Å². The first kappa shape index (κ1) is 16.1. The molecular weight excluding hydrogens is 260 g/mol. The van der Waals surface area contributed by atoms with Crippen molar-refractivity contribution < 1.29 is 19.8 Å². The van der Waals surface area contributed by atoms with Gasteiger partial charge in [-0.3, -0.25) is 14.5 Å². The highest BCUT2D eigenvalue weighted by Gasteiger charge is 2.26. The number of amides is 1. The second-order valence-electron chi connectivity index (χ2n) is 4.28. The van der Waals surface area contributed by atoms with Gasteiger partial charge in [0.1, 0.15) is 12.6 Å². The molecule has 0 bridgehead atoms. The predicted octanol–water partition coefficient (Wildman–Crippen LogP) is 0.243. The fourth-order valence-corrected chi connectivity index (χ4v) is 2.02. The quantitative estimate of drug-likeness (QED) is 0.635. The van der Waals surface area contributed by atoms with Gasteiger partial charge in [-0.05, 0) is 12.1 Å². The average Bonchev–Trinajstić information content (AvgIpc) is 2.45. The summed E-state index contributed by atoms with van der Waals surface area (Å²) >= 11 is 0. The SMILES string of the molecule is CCN(CCO)C(C(=O)NCC(=O)O)c1ccccc1. The molecule has 110 valence electrons. The van der Waals surface area contributed by atoms with E-state index >= 15 is 0 Å². The van der Waals surface area contributed by atoms with Gasteiger partial charge >= 0.3 is 5.97 Å². The molecule has 0 aliphatic rings. The fraction of sp³-hybridized carbons (Fsp3) is 0.429. The Morgan fingerprint density at radius 2 is 1.95 bits per heavy atom. The van der Waals surface area contributed by atoms with E-state index in [1.807, 2.05) is 37.3 Å². The number of aliphatic hydroxyl groups is 1. The largest absolute Gasteiger partial charge is 0.480 e. The van der Waals surface area contributed by atoms with Crippen molar-refractivity contribution in [3.63, 3.8) is 0 Å². The van der Waals surface area contributed by atoms with Crippen LogP contribution in [-0.2, 0) is 9.59 Å².